The van der Waals surface area contributed by atoms with Gasteiger partial charge in [0.05, 0.1) is 19.6 Å². The van der Waals surface area contributed by atoms with Gasteiger partial charge in [-0.15, -0.1) is 0 Å². The van der Waals surface area contributed by atoms with Crippen molar-refractivity contribution in [3.05, 3.63) is 65.7 Å². The molecular weight excluding hydrogens is 376 g/mol. The van der Waals surface area contributed by atoms with Gasteiger partial charge in [-0.3, -0.25) is 9.59 Å². The molecule has 0 unspecified atom stereocenters. The van der Waals surface area contributed by atoms with Crippen LogP contribution in [0.15, 0.2) is 54.6 Å². The van der Waals surface area contributed by atoms with Gasteiger partial charge in [0.1, 0.15) is 5.75 Å². The number of benzene rings is 2. The molecule has 1 fully saturated rings. The second kappa shape index (κ2) is 10.3. The summed E-state index contributed by atoms with van der Waals surface area (Å²) < 4.78 is 5.22. The minimum atomic E-state index is -0.348. The van der Waals surface area contributed by atoms with Gasteiger partial charge >= 0.3 is 0 Å². The predicted octanol–water partition coefficient (Wildman–Crippen LogP) is 4.45. The number of hydrogen-bond donors (Lipinski definition) is 1. The lowest BCUT2D eigenvalue weighted by atomic mass is 9.87. The van der Waals surface area contributed by atoms with Gasteiger partial charge in [-0.25, -0.2) is 0 Å². The molecule has 0 saturated carbocycles. The Balaban J connectivity index is 1.77. The SMILES string of the molecule is CC[C@H](c1ccccc1)[C@@H]1CCCN1C(=O)C[C@@H](NC(C)=O)c1ccc(OC)cc1. The number of likely N-dealkylation sites (tertiary alicyclic amines) is 1. The van der Waals surface area contributed by atoms with Crippen LogP contribution in [-0.4, -0.2) is 36.4 Å². The van der Waals surface area contributed by atoms with Gasteiger partial charge in [0.15, 0.2) is 0 Å². The highest BCUT2D eigenvalue weighted by molar-refractivity contribution is 5.80. The summed E-state index contributed by atoms with van der Waals surface area (Å²) >= 11 is 0. The van der Waals surface area contributed by atoms with Crippen LogP contribution in [0.5, 0.6) is 5.75 Å². The number of carbonyl (C=O) groups is 2. The summed E-state index contributed by atoms with van der Waals surface area (Å²) in [6.45, 7) is 4.46. The van der Waals surface area contributed by atoms with Gasteiger partial charge in [-0.05, 0) is 42.5 Å². The van der Waals surface area contributed by atoms with Crippen molar-refractivity contribution < 1.29 is 14.3 Å². The number of nitrogens with one attached hydrogen (secondary N) is 1. The molecule has 5 nitrogen and oxygen atoms in total. The highest BCUT2D eigenvalue weighted by atomic mass is 16.5. The van der Waals surface area contributed by atoms with E-state index in [0.717, 1.165) is 37.1 Å². The Morgan fingerprint density at radius 2 is 1.80 bits per heavy atom. The topological polar surface area (TPSA) is 58.6 Å². The first-order valence-electron chi connectivity index (χ1n) is 10.8. The molecule has 0 bridgehead atoms. The molecule has 3 atom stereocenters. The summed E-state index contributed by atoms with van der Waals surface area (Å²) in [5.74, 6) is 1.04. The number of rotatable bonds is 8. The van der Waals surface area contributed by atoms with Gasteiger partial charge in [0.25, 0.3) is 0 Å². The minimum absolute atomic E-state index is 0.0986. The van der Waals surface area contributed by atoms with Crippen LogP contribution in [0.1, 0.15) is 62.6 Å². The second-order valence-corrected chi connectivity index (χ2v) is 7.95. The molecule has 0 spiro atoms. The van der Waals surface area contributed by atoms with E-state index >= 15 is 0 Å². The smallest absolute Gasteiger partial charge is 0.225 e. The zero-order valence-electron chi connectivity index (χ0n) is 18.1. The Hall–Kier alpha value is -2.82. The zero-order valence-corrected chi connectivity index (χ0v) is 18.1. The summed E-state index contributed by atoms with van der Waals surface area (Å²) in [5.41, 5.74) is 2.20. The van der Waals surface area contributed by atoms with Crippen molar-refractivity contribution in [2.45, 2.75) is 57.5 Å². The first-order chi connectivity index (χ1) is 14.5. The Kier molecular flexibility index (Phi) is 7.50. The third-order valence-corrected chi connectivity index (χ3v) is 6.03. The minimum Gasteiger partial charge on any atom is -0.497 e. The summed E-state index contributed by atoms with van der Waals surface area (Å²) in [7, 11) is 1.62. The van der Waals surface area contributed by atoms with E-state index in [1.807, 2.05) is 35.2 Å². The van der Waals surface area contributed by atoms with E-state index in [1.54, 1.807) is 7.11 Å². The van der Waals surface area contributed by atoms with Crippen LogP contribution >= 0.6 is 0 Å². The van der Waals surface area contributed by atoms with E-state index in [4.69, 9.17) is 4.74 Å². The highest BCUT2D eigenvalue weighted by Gasteiger charge is 2.35. The third kappa shape index (κ3) is 5.21. The normalized spacial score (nSPS) is 18.0. The van der Waals surface area contributed by atoms with Gasteiger partial charge < -0.3 is 15.0 Å². The van der Waals surface area contributed by atoms with Crippen LogP contribution in [0.2, 0.25) is 0 Å². The van der Waals surface area contributed by atoms with E-state index < -0.39 is 0 Å². The molecule has 0 radical (unpaired) electrons. The van der Waals surface area contributed by atoms with Crippen LogP contribution in [0.25, 0.3) is 0 Å². The van der Waals surface area contributed by atoms with E-state index in [0.29, 0.717) is 5.92 Å². The van der Waals surface area contributed by atoms with Crippen molar-refractivity contribution in [1.82, 2.24) is 10.2 Å². The fourth-order valence-electron chi connectivity index (χ4n) is 4.58. The molecule has 1 N–H and O–H groups in total. The van der Waals surface area contributed by atoms with Crippen LogP contribution in [0.3, 0.4) is 0 Å². The van der Waals surface area contributed by atoms with E-state index in [9.17, 15) is 9.59 Å². The lowest BCUT2D eigenvalue weighted by Crippen LogP contribution is -2.41. The summed E-state index contributed by atoms with van der Waals surface area (Å²) in [5, 5.41) is 2.95. The van der Waals surface area contributed by atoms with E-state index in [1.165, 1.54) is 12.5 Å². The standard InChI is InChI=1S/C25H32N2O3/c1-4-22(19-9-6-5-7-10-19)24-11-8-16-27(24)25(29)17-23(26-18(2)28)20-12-14-21(30-3)15-13-20/h5-7,9-10,12-15,22-24H,4,8,11,16-17H2,1-3H3,(H,26,28)/t22-,23-,24+/m1/s1. The predicted molar refractivity (Wildman–Crippen MR) is 118 cm³/mol. The van der Waals surface area contributed by atoms with Crippen molar-refractivity contribution in [2.75, 3.05) is 13.7 Å². The molecule has 0 aliphatic carbocycles. The lowest BCUT2D eigenvalue weighted by Gasteiger charge is -2.33. The summed E-state index contributed by atoms with van der Waals surface area (Å²) in [6.07, 6.45) is 3.29. The van der Waals surface area contributed by atoms with Gasteiger partial charge in [-0.1, -0.05) is 49.4 Å². The van der Waals surface area contributed by atoms with Crippen molar-refractivity contribution in [2.24, 2.45) is 0 Å². The number of amides is 2. The fraction of sp³-hybridized carbons (Fsp3) is 0.440. The van der Waals surface area contributed by atoms with Crippen molar-refractivity contribution in [3.63, 3.8) is 0 Å². The number of carbonyl (C=O) groups excluding carboxylic acids is 2. The van der Waals surface area contributed by atoms with Crippen LogP contribution in [-0.2, 0) is 9.59 Å². The number of ether oxygens (including phenoxy) is 1. The monoisotopic (exact) mass is 408 g/mol. The van der Waals surface area contributed by atoms with Gasteiger partial charge in [0, 0.05) is 25.4 Å². The lowest BCUT2D eigenvalue weighted by molar-refractivity contribution is -0.133. The maximum atomic E-state index is 13.3. The molecule has 1 heterocycles. The molecule has 1 aliphatic heterocycles. The Morgan fingerprint density at radius 3 is 2.40 bits per heavy atom. The largest absolute Gasteiger partial charge is 0.497 e. The summed E-state index contributed by atoms with van der Waals surface area (Å²) in [6, 6.07) is 17.9. The first kappa shape index (κ1) is 21.9. The maximum Gasteiger partial charge on any atom is 0.225 e. The maximum absolute atomic E-state index is 13.3. The fourth-order valence-corrected chi connectivity index (χ4v) is 4.58. The molecule has 2 aromatic carbocycles. The first-order valence-corrected chi connectivity index (χ1v) is 10.8. The van der Waals surface area contributed by atoms with Crippen LogP contribution in [0, 0.1) is 0 Å². The quantitative estimate of drug-likeness (QED) is 0.702. The molecule has 2 aromatic rings. The molecule has 160 valence electrons. The molecule has 0 aromatic heterocycles. The van der Waals surface area contributed by atoms with E-state index in [-0.39, 0.29) is 30.3 Å². The second-order valence-electron chi connectivity index (χ2n) is 7.95. The molecule has 1 aliphatic rings. The van der Waals surface area contributed by atoms with Gasteiger partial charge in [-0.2, -0.15) is 0 Å². The van der Waals surface area contributed by atoms with E-state index in [2.05, 4.69) is 36.5 Å². The third-order valence-electron chi connectivity index (χ3n) is 6.03. The highest BCUT2D eigenvalue weighted by Crippen LogP contribution is 2.34. The van der Waals surface area contributed by atoms with Crippen molar-refractivity contribution in [1.29, 1.82) is 0 Å². The number of hydrogen-bond acceptors (Lipinski definition) is 3. The average molecular weight is 409 g/mol. The number of nitrogens with zero attached hydrogens (tertiary/aromatic N) is 1. The Labute approximate surface area is 179 Å². The molecular formula is C25H32N2O3. The number of methoxy groups -OCH3 is 1. The Bertz CT molecular complexity index is 835. The molecule has 5 heteroatoms. The Morgan fingerprint density at radius 1 is 1.10 bits per heavy atom. The molecule has 30 heavy (non-hydrogen) atoms. The molecule has 2 amide bonds. The van der Waals surface area contributed by atoms with Crippen LogP contribution in [0.4, 0.5) is 0 Å². The molecule has 1 saturated heterocycles. The van der Waals surface area contributed by atoms with Crippen LogP contribution < -0.4 is 10.1 Å². The van der Waals surface area contributed by atoms with Crippen molar-refractivity contribution in [3.8, 4) is 5.75 Å². The van der Waals surface area contributed by atoms with Crippen molar-refractivity contribution >= 4 is 11.8 Å². The zero-order chi connectivity index (χ0) is 21.5. The summed E-state index contributed by atoms with van der Waals surface area (Å²) in [4.78, 5) is 27.2. The molecule has 3 rings (SSSR count). The van der Waals surface area contributed by atoms with Gasteiger partial charge in [0.2, 0.25) is 11.8 Å². The average Bonchev–Trinajstić information content (AvgIpc) is 3.24.